The molecule has 0 aliphatic heterocycles. The van der Waals surface area contributed by atoms with Crippen molar-refractivity contribution in [2.24, 2.45) is 17.8 Å². The van der Waals surface area contributed by atoms with Gasteiger partial charge in [0.05, 0.1) is 17.5 Å². The van der Waals surface area contributed by atoms with Crippen molar-refractivity contribution in [1.29, 1.82) is 0 Å². The van der Waals surface area contributed by atoms with Crippen LogP contribution in [0.4, 0.5) is 26.3 Å². The van der Waals surface area contributed by atoms with E-state index in [-0.39, 0.29) is 29.3 Å². The predicted octanol–water partition coefficient (Wildman–Crippen LogP) is 5.12. The normalized spacial score (nSPS) is 18.0. The van der Waals surface area contributed by atoms with Gasteiger partial charge in [-0.15, -0.1) is 0 Å². The molecular weight excluding hydrogens is 490 g/mol. The fourth-order valence-electron chi connectivity index (χ4n) is 4.87. The summed E-state index contributed by atoms with van der Waals surface area (Å²) in [6.45, 7) is -0.00225. The van der Waals surface area contributed by atoms with Gasteiger partial charge >= 0.3 is 6.18 Å². The van der Waals surface area contributed by atoms with E-state index in [0.717, 1.165) is 31.7 Å². The Morgan fingerprint density at radius 2 is 1.78 bits per heavy atom. The van der Waals surface area contributed by atoms with Crippen molar-refractivity contribution >= 4 is 22.8 Å². The molecule has 0 spiro atoms. The Morgan fingerprint density at radius 1 is 1.14 bits per heavy atom. The number of carbonyl (C=O) groups excluding carboxylic acids is 2. The SMILES string of the molecule is CCC(=O)NC(c1nc2c(F)c(C(CC(F)F)C(=O)NCC(F)(F)F)ccc2[nH]1)C(C1CC1)C1CC1. The van der Waals surface area contributed by atoms with Crippen molar-refractivity contribution in [3.63, 3.8) is 0 Å². The van der Waals surface area contributed by atoms with Crippen molar-refractivity contribution in [3.8, 4) is 0 Å². The van der Waals surface area contributed by atoms with Crippen LogP contribution in [0.25, 0.3) is 11.0 Å². The fourth-order valence-corrected chi connectivity index (χ4v) is 4.87. The van der Waals surface area contributed by atoms with Crippen LogP contribution in [0.2, 0.25) is 0 Å². The number of rotatable bonds is 11. The van der Waals surface area contributed by atoms with Crippen molar-refractivity contribution < 1.29 is 35.9 Å². The molecule has 1 aromatic heterocycles. The Bertz CT molecular complexity index is 1100. The summed E-state index contributed by atoms with van der Waals surface area (Å²) < 4.78 is 79.5. The van der Waals surface area contributed by atoms with E-state index in [0.29, 0.717) is 17.7 Å². The molecule has 2 atom stereocenters. The molecule has 0 saturated heterocycles. The summed E-state index contributed by atoms with van der Waals surface area (Å²) in [5.74, 6) is -3.14. The second-order valence-electron chi connectivity index (χ2n) is 9.65. The maximum atomic E-state index is 15.5. The number of benzene rings is 1. The highest BCUT2D eigenvalue weighted by molar-refractivity contribution is 5.86. The van der Waals surface area contributed by atoms with Gasteiger partial charge in [-0.2, -0.15) is 13.2 Å². The topological polar surface area (TPSA) is 86.9 Å². The summed E-state index contributed by atoms with van der Waals surface area (Å²) in [4.78, 5) is 32.0. The van der Waals surface area contributed by atoms with Gasteiger partial charge in [0, 0.05) is 18.4 Å². The molecule has 2 aliphatic carbocycles. The molecule has 36 heavy (non-hydrogen) atoms. The standard InChI is InChI=1S/C24H28F6N4O2/c1-2-17(35)33-21(18(11-3-4-11)12-5-6-12)22-32-15-8-7-13(19(27)20(15)34-22)14(9-16(25)26)23(36)31-10-24(28,29)30/h7-8,11-12,14,16,18,21H,2-6,9-10H2,1H3,(H,31,36)(H,32,34)(H,33,35). The third-order valence-electron chi connectivity index (χ3n) is 6.86. The van der Waals surface area contributed by atoms with Gasteiger partial charge in [0.25, 0.3) is 0 Å². The highest BCUT2D eigenvalue weighted by Crippen LogP contribution is 2.54. The number of halogens is 6. The summed E-state index contributed by atoms with van der Waals surface area (Å²) in [7, 11) is 0. The van der Waals surface area contributed by atoms with E-state index in [4.69, 9.17) is 0 Å². The van der Waals surface area contributed by atoms with E-state index in [9.17, 15) is 31.5 Å². The molecule has 1 aromatic carbocycles. The summed E-state index contributed by atoms with van der Waals surface area (Å²) in [6.07, 6.45) is -4.59. The van der Waals surface area contributed by atoms with Crippen molar-refractivity contribution in [1.82, 2.24) is 20.6 Å². The molecule has 2 fully saturated rings. The maximum Gasteiger partial charge on any atom is 0.405 e. The molecule has 1 heterocycles. The largest absolute Gasteiger partial charge is 0.405 e. The molecular formula is C24H28F6N4O2. The van der Waals surface area contributed by atoms with E-state index >= 15 is 4.39 Å². The zero-order valence-electron chi connectivity index (χ0n) is 19.6. The number of aromatic amines is 1. The van der Waals surface area contributed by atoms with Crippen molar-refractivity contribution in [2.45, 2.75) is 70.0 Å². The van der Waals surface area contributed by atoms with Crippen LogP contribution in [0.1, 0.15) is 68.8 Å². The Morgan fingerprint density at radius 3 is 2.31 bits per heavy atom. The number of nitrogens with zero attached hydrogens (tertiary/aromatic N) is 1. The second-order valence-corrected chi connectivity index (χ2v) is 9.65. The Balaban J connectivity index is 1.68. The summed E-state index contributed by atoms with van der Waals surface area (Å²) in [6, 6.07) is 1.99. The molecule has 2 saturated carbocycles. The van der Waals surface area contributed by atoms with Gasteiger partial charge in [-0.25, -0.2) is 18.2 Å². The molecule has 198 valence electrons. The third-order valence-corrected chi connectivity index (χ3v) is 6.86. The first-order valence-corrected chi connectivity index (χ1v) is 12.1. The molecule has 3 N–H and O–H groups in total. The minimum Gasteiger partial charge on any atom is -0.346 e. The lowest BCUT2D eigenvalue weighted by atomic mass is 9.88. The first-order valence-electron chi connectivity index (χ1n) is 12.1. The first kappa shape index (κ1) is 26.3. The minimum absolute atomic E-state index is 0.128. The molecule has 0 radical (unpaired) electrons. The van der Waals surface area contributed by atoms with Crippen LogP contribution in [0.3, 0.4) is 0 Å². The van der Waals surface area contributed by atoms with Gasteiger partial charge < -0.3 is 15.6 Å². The molecule has 12 heteroatoms. The zero-order chi connectivity index (χ0) is 26.2. The number of fused-ring (bicyclic) bond motifs is 1. The molecule has 6 nitrogen and oxygen atoms in total. The number of nitrogens with one attached hydrogen (secondary N) is 3. The molecule has 4 rings (SSSR count). The predicted molar refractivity (Wildman–Crippen MR) is 119 cm³/mol. The maximum absolute atomic E-state index is 15.5. The van der Waals surface area contributed by atoms with Gasteiger partial charge in [-0.1, -0.05) is 13.0 Å². The first-order chi connectivity index (χ1) is 17.0. The number of alkyl halides is 5. The number of carbonyl (C=O) groups is 2. The number of amides is 2. The molecule has 2 amide bonds. The van der Waals surface area contributed by atoms with Crippen molar-refractivity contribution in [2.75, 3.05) is 6.54 Å². The minimum atomic E-state index is -4.75. The summed E-state index contributed by atoms with van der Waals surface area (Å²) >= 11 is 0. The Labute approximate surface area is 203 Å². The van der Waals surface area contributed by atoms with E-state index in [1.165, 1.54) is 6.07 Å². The van der Waals surface area contributed by atoms with E-state index in [1.807, 2.05) is 0 Å². The fraction of sp³-hybridized carbons (Fsp3) is 0.625. The lowest BCUT2D eigenvalue weighted by Crippen LogP contribution is -2.37. The number of hydrogen-bond acceptors (Lipinski definition) is 3. The number of hydrogen-bond donors (Lipinski definition) is 3. The third kappa shape index (κ3) is 6.12. The van der Waals surface area contributed by atoms with Gasteiger partial charge in [-0.05, 0) is 49.5 Å². The summed E-state index contributed by atoms with van der Waals surface area (Å²) in [5, 5.41) is 4.56. The number of imidazole rings is 1. The smallest absolute Gasteiger partial charge is 0.346 e. The average molecular weight is 519 g/mol. The quantitative estimate of drug-likeness (QED) is 0.361. The van der Waals surface area contributed by atoms with Crippen LogP contribution in [-0.2, 0) is 9.59 Å². The van der Waals surface area contributed by atoms with Gasteiger partial charge in [0.15, 0.2) is 5.82 Å². The van der Waals surface area contributed by atoms with E-state index in [2.05, 4.69) is 15.3 Å². The Kier molecular flexibility index (Phi) is 7.51. The average Bonchev–Trinajstić information content (AvgIpc) is 3.74. The second kappa shape index (κ2) is 10.3. The number of aromatic nitrogens is 2. The molecule has 2 aromatic rings. The lowest BCUT2D eigenvalue weighted by Gasteiger charge is -2.26. The molecule has 0 bridgehead atoms. The van der Waals surface area contributed by atoms with Crippen LogP contribution < -0.4 is 10.6 Å². The van der Waals surface area contributed by atoms with Gasteiger partial charge in [0.2, 0.25) is 18.2 Å². The van der Waals surface area contributed by atoms with Crippen LogP contribution in [0.5, 0.6) is 0 Å². The zero-order valence-corrected chi connectivity index (χ0v) is 19.6. The van der Waals surface area contributed by atoms with Crippen molar-refractivity contribution in [3.05, 3.63) is 29.3 Å². The monoisotopic (exact) mass is 518 g/mol. The lowest BCUT2D eigenvalue weighted by molar-refractivity contribution is -0.139. The van der Waals surface area contributed by atoms with Crippen LogP contribution in [0.15, 0.2) is 12.1 Å². The van der Waals surface area contributed by atoms with Crippen LogP contribution in [0, 0.1) is 23.6 Å². The Hall–Kier alpha value is -2.79. The van der Waals surface area contributed by atoms with E-state index < -0.39 is 54.8 Å². The van der Waals surface area contributed by atoms with Gasteiger partial charge in [0.1, 0.15) is 17.9 Å². The highest BCUT2D eigenvalue weighted by atomic mass is 19.4. The molecule has 2 unspecified atom stereocenters. The van der Waals surface area contributed by atoms with Crippen LogP contribution >= 0.6 is 0 Å². The van der Waals surface area contributed by atoms with E-state index in [1.54, 1.807) is 12.2 Å². The summed E-state index contributed by atoms with van der Waals surface area (Å²) in [5.41, 5.74) is -0.444. The molecule has 2 aliphatic rings. The highest BCUT2D eigenvalue weighted by Gasteiger charge is 2.47. The van der Waals surface area contributed by atoms with Gasteiger partial charge in [-0.3, -0.25) is 9.59 Å². The van der Waals surface area contributed by atoms with Crippen LogP contribution in [-0.4, -0.2) is 40.9 Å². The number of H-pyrrole nitrogens is 1.